The van der Waals surface area contributed by atoms with Crippen LogP contribution in [0.15, 0.2) is 24.3 Å². The molecule has 0 aromatic heterocycles. The van der Waals surface area contributed by atoms with Crippen molar-refractivity contribution < 1.29 is 4.79 Å². The Labute approximate surface area is 115 Å². The number of hydrogen-bond acceptors (Lipinski definition) is 2. The van der Waals surface area contributed by atoms with E-state index in [0.29, 0.717) is 24.9 Å². The maximum atomic E-state index is 12.3. The second-order valence-corrected chi connectivity index (χ2v) is 5.88. The van der Waals surface area contributed by atoms with Gasteiger partial charge in [0.25, 0.3) is 0 Å². The Bertz CT molecular complexity index is 438. The number of nitrogens with two attached hydrogens (primary N) is 1. The fraction of sp³-hybridized carbons (Fsp3) is 0.562. The van der Waals surface area contributed by atoms with E-state index in [1.54, 1.807) is 0 Å². The predicted octanol–water partition coefficient (Wildman–Crippen LogP) is 3.20. The molecule has 0 spiro atoms. The van der Waals surface area contributed by atoms with E-state index in [1.807, 2.05) is 29.2 Å². The van der Waals surface area contributed by atoms with Gasteiger partial charge in [0.15, 0.2) is 0 Å². The third kappa shape index (κ3) is 3.98. The number of para-hydroxylation sites is 1. The Kier molecular flexibility index (Phi) is 4.46. The number of amides is 1. The fourth-order valence-corrected chi connectivity index (χ4v) is 2.22. The summed E-state index contributed by atoms with van der Waals surface area (Å²) in [5, 5.41) is 0. The van der Waals surface area contributed by atoms with Gasteiger partial charge in [0.05, 0.1) is 0 Å². The zero-order chi connectivity index (χ0) is 13.8. The average Bonchev–Trinajstić information content (AvgIpc) is 3.19. The summed E-state index contributed by atoms with van der Waals surface area (Å²) in [6.45, 7) is 4.97. The van der Waals surface area contributed by atoms with Gasteiger partial charge in [-0.1, -0.05) is 32.0 Å². The monoisotopic (exact) mass is 260 g/mol. The first-order valence-corrected chi connectivity index (χ1v) is 7.20. The molecule has 0 aliphatic heterocycles. The minimum Gasteiger partial charge on any atom is -0.398 e. The molecule has 0 unspecified atom stereocenters. The molecule has 1 saturated carbocycles. The van der Waals surface area contributed by atoms with Crippen LogP contribution in [0.1, 0.15) is 45.1 Å². The molecule has 0 atom stereocenters. The molecular weight excluding hydrogens is 236 g/mol. The Hall–Kier alpha value is -1.51. The lowest BCUT2D eigenvalue weighted by Crippen LogP contribution is -2.32. The lowest BCUT2D eigenvalue weighted by molar-refractivity contribution is -0.132. The Morgan fingerprint density at radius 2 is 2.05 bits per heavy atom. The smallest absolute Gasteiger partial charge is 0.223 e. The van der Waals surface area contributed by atoms with Gasteiger partial charge < -0.3 is 10.6 Å². The SMILES string of the molecule is CC(C)CCC(=O)N(Cc1ccccc1N)C1CC1. The summed E-state index contributed by atoms with van der Waals surface area (Å²) >= 11 is 0. The van der Waals surface area contributed by atoms with Gasteiger partial charge in [0, 0.05) is 24.7 Å². The first-order chi connectivity index (χ1) is 9.08. The van der Waals surface area contributed by atoms with E-state index in [1.165, 1.54) is 0 Å². The molecule has 19 heavy (non-hydrogen) atoms. The third-order valence-corrected chi connectivity index (χ3v) is 3.64. The van der Waals surface area contributed by atoms with E-state index in [0.717, 1.165) is 30.5 Å². The van der Waals surface area contributed by atoms with Crippen molar-refractivity contribution >= 4 is 11.6 Å². The molecule has 2 rings (SSSR count). The highest BCUT2D eigenvalue weighted by Crippen LogP contribution is 2.30. The summed E-state index contributed by atoms with van der Waals surface area (Å²) in [5.41, 5.74) is 7.82. The minimum atomic E-state index is 0.277. The molecule has 1 aromatic carbocycles. The maximum Gasteiger partial charge on any atom is 0.223 e. The van der Waals surface area contributed by atoms with E-state index >= 15 is 0 Å². The highest BCUT2D eigenvalue weighted by atomic mass is 16.2. The number of nitrogens with zero attached hydrogens (tertiary/aromatic N) is 1. The number of hydrogen-bond donors (Lipinski definition) is 1. The van der Waals surface area contributed by atoms with Crippen molar-refractivity contribution in [1.82, 2.24) is 4.90 Å². The Morgan fingerprint density at radius 1 is 1.37 bits per heavy atom. The second kappa shape index (κ2) is 6.09. The molecule has 0 radical (unpaired) electrons. The lowest BCUT2D eigenvalue weighted by atomic mass is 10.1. The van der Waals surface area contributed by atoms with Crippen LogP contribution in [-0.4, -0.2) is 16.8 Å². The number of carbonyl (C=O) groups is 1. The van der Waals surface area contributed by atoms with Gasteiger partial charge in [-0.3, -0.25) is 4.79 Å². The summed E-state index contributed by atoms with van der Waals surface area (Å²) in [4.78, 5) is 14.4. The quantitative estimate of drug-likeness (QED) is 0.798. The van der Waals surface area contributed by atoms with Crippen LogP contribution < -0.4 is 5.73 Å². The molecule has 0 heterocycles. The summed E-state index contributed by atoms with van der Waals surface area (Å²) in [7, 11) is 0. The zero-order valence-corrected chi connectivity index (χ0v) is 11.9. The minimum absolute atomic E-state index is 0.277. The molecule has 1 aliphatic rings. The number of rotatable bonds is 6. The highest BCUT2D eigenvalue weighted by molar-refractivity contribution is 5.77. The number of anilines is 1. The van der Waals surface area contributed by atoms with Crippen molar-refractivity contribution in [3.63, 3.8) is 0 Å². The Morgan fingerprint density at radius 3 is 2.63 bits per heavy atom. The topological polar surface area (TPSA) is 46.3 Å². The van der Waals surface area contributed by atoms with Crippen LogP contribution in [0, 0.1) is 5.92 Å². The largest absolute Gasteiger partial charge is 0.398 e. The highest BCUT2D eigenvalue weighted by Gasteiger charge is 2.32. The van der Waals surface area contributed by atoms with Crippen LogP contribution in [0.3, 0.4) is 0 Å². The summed E-state index contributed by atoms with van der Waals surface area (Å²) in [6.07, 6.45) is 3.90. The van der Waals surface area contributed by atoms with Crippen molar-refractivity contribution in [2.75, 3.05) is 5.73 Å². The van der Waals surface area contributed by atoms with Gasteiger partial charge >= 0.3 is 0 Å². The fourth-order valence-electron chi connectivity index (χ4n) is 2.22. The molecule has 1 amide bonds. The van der Waals surface area contributed by atoms with Gasteiger partial charge in [-0.15, -0.1) is 0 Å². The standard InChI is InChI=1S/C16H24N2O/c1-12(2)7-10-16(19)18(14-8-9-14)11-13-5-3-4-6-15(13)17/h3-6,12,14H,7-11,17H2,1-2H3. The summed E-state index contributed by atoms with van der Waals surface area (Å²) in [6, 6.07) is 8.27. The van der Waals surface area contributed by atoms with Crippen molar-refractivity contribution in [1.29, 1.82) is 0 Å². The molecule has 104 valence electrons. The molecule has 0 saturated heterocycles. The van der Waals surface area contributed by atoms with Crippen LogP contribution in [0.4, 0.5) is 5.69 Å². The van der Waals surface area contributed by atoms with Gasteiger partial charge in [0.2, 0.25) is 5.91 Å². The van der Waals surface area contributed by atoms with Crippen molar-refractivity contribution in [2.24, 2.45) is 5.92 Å². The maximum absolute atomic E-state index is 12.3. The van der Waals surface area contributed by atoms with Crippen LogP contribution in [-0.2, 0) is 11.3 Å². The summed E-state index contributed by atoms with van der Waals surface area (Å²) < 4.78 is 0. The van der Waals surface area contributed by atoms with Gasteiger partial charge in [-0.05, 0) is 36.8 Å². The molecule has 1 aromatic rings. The zero-order valence-electron chi connectivity index (χ0n) is 11.9. The molecule has 2 N–H and O–H groups in total. The molecule has 1 fully saturated rings. The van der Waals surface area contributed by atoms with Crippen molar-refractivity contribution in [3.8, 4) is 0 Å². The lowest BCUT2D eigenvalue weighted by Gasteiger charge is -2.23. The molecule has 3 nitrogen and oxygen atoms in total. The van der Waals surface area contributed by atoms with Crippen LogP contribution in [0.2, 0.25) is 0 Å². The van der Waals surface area contributed by atoms with Crippen LogP contribution in [0.25, 0.3) is 0 Å². The van der Waals surface area contributed by atoms with Crippen molar-refractivity contribution in [3.05, 3.63) is 29.8 Å². The van der Waals surface area contributed by atoms with Gasteiger partial charge in [-0.25, -0.2) is 0 Å². The van der Waals surface area contributed by atoms with Gasteiger partial charge in [0.1, 0.15) is 0 Å². The molecular formula is C16H24N2O. The number of nitrogen functional groups attached to an aromatic ring is 1. The first kappa shape index (κ1) is 13.9. The van der Waals surface area contributed by atoms with E-state index in [2.05, 4.69) is 13.8 Å². The molecule has 0 bridgehead atoms. The van der Waals surface area contributed by atoms with E-state index < -0.39 is 0 Å². The molecule has 1 aliphatic carbocycles. The van der Waals surface area contributed by atoms with E-state index in [4.69, 9.17) is 5.73 Å². The number of benzene rings is 1. The Balaban J connectivity index is 2.00. The first-order valence-electron chi connectivity index (χ1n) is 7.20. The average molecular weight is 260 g/mol. The van der Waals surface area contributed by atoms with Gasteiger partial charge in [-0.2, -0.15) is 0 Å². The summed E-state index contributed by atoms with van der Waals surface area (Å²) in [5.74, 6) is 0.853. The van der Waals surface area contributed by atoms with E-state index in [-0.39, 0.29) is 5.91 Å². The van der Waals surface area contributed by atoms with Crippen LogP contribution in [0.5, 0.6) is 0 Å². The van der Waals surface area contributed by atoms with Crippen LogP contribution >= 0.6 is 0 Å². The third-order valence-electron chi connectivity index (χ3n) is 3.64. The second-order valence-electron chi connectivity index (χ2n) is 5.88. The van der Waals surface area contributed by atoms with Crippen molar-refractivity contribution in [2.45, 2.75) is 52.1 Å². The molecule has 3 heteroatoms. The number of carbonyl (C=O) groups excluding carboxylic acids is 1. The normalized spacial score (nSPS) is 14.7. The predicted molar refractivity (Wildman–Crippen MR) is 78.5 cm³/mol. The van der Waals surface area contributed by atoms with E-state index in [9.17, 15) is 4.79 Å².